The van der Waals surface area contributed by atoms with E-state index in [1.165, 1.54) is 5.69 Å². The number of benzene rings is 1. The van der Waals surface area contributed by atoms with Crippen molar-refractivity contribution in [3.63, 3.8) is 0 Å². The Morgan fingerprint density at radius 2 is 1.82 bits per heavy atom. The fourth-order valence-corrected chi connectivity index (χ4v) is 2.87. The molecule has 1 amide bonds. The van der Waals surface area contributed by atoms with Gasteiger partial charge in [-0.3, -0.25) is 4.79 Å². The Bertz CT molecular complexity index is 624. The van der Waals surface area contributed by atoms with E-state index in [1.54, 1.807) is 0 Å². The van der Waals surface area contributed by atoms with Gasteiger partial charge in [-0.15, -0.1) is 0 Å². The Morgan fingerprint density at radius 3 is 2.41 bits per heavy atom. The predicted molar refractivity (Wildman–Crippen MR) is 84.9 cm³/mol. The first-order valence-corrected chi connectivity index (χ1v) is 7.64. The highest BCUT2D eigenvalue weighted by molar-refractivity contribution is 5.79. The molecule has 0 unspecified atom stereocenters. The molecule has 2 heterocycles. The van der Waals surface area contributed by atoms with Gasteiger partial charge in [-0.1, -0.05) is 23.4 Å². The van der Waals surface area contributed by atoms with E-state index in [0.717, 1.165) is 43.2 Å². The second-order valence-corrected chi connectivity index (χ2v) is 5.68. The molecule has 0 atom stereocenters. The minimum absolute atomic E-state index is 0.155. The van der Waals surface area contributed by atoms with Crippen LogP contribution in [0, 0.1) is 13.8 Å². The topological polar surface area (TPSA) is 49.6 Å². The molecule has 1 saturated heterocycles. The van der Waals surface area contributed by atoms with Crippen LogP contribution in [0.25, 0.3) is 0 Å². The van der Waals surface area contributed by atoms with Crippen LogP contribution in [0.2, 0.25) is 0 Å². The molecule has 0 bridgehead atoms. The van der Waals surface area contributed by atoms with Gasteiger partial charge in [-0.2, -0.15) is 0 Å². The molecule has 116 valence electrons. The summed E-state index contributed by atoms with van der Waals surface area (Å²) in [4.78, 5) is 16.7. The molecule has 22 heavy (non-hydrogen) atoms. The zero-order valence-corrected chi connectivity index (χ0v) is 13.1. The molecule has 2 aromatic rings. The Balaban J connectivity index is 1.58. The number of hydrogen-bond acceptors (Lipinski definition) is 4. The molecule has 0 N–H and O–H groups in total. The van der Waals surface area contributed by atoms with E-state index >= 15 is 0 Å². The van der Waals surface area contributed by atoms with Crippen LogP contribution < -0.4 is 4.90 Å². The van der Waals surface area contributed by atoms with Gasteiger partial charge in [-0.25, -0.2) is 0 Å². The second-order valence-electron chi connectivity index (χ2n) is 5.68. The number of para-hydroxylation sites is 1. The molecule has 1 aliphatic heterocycles. The zero-order valence-electron chi connectivity index (χ0n) is 13.1. The van der Waals surface area contributed by atoms with Crippen molar-refractivity contribution in [3.8, 4) is 0 Å². The summed E-state index contributed by atoms with van der Waals surface area (Å²) in [5, 5.41) is 3.91. The molecule has 5 heteroatoms. The van der Waals surface area contributed by atoms with Crippen LogP contribution in [0.4, 0.5) is 5.69 Å². The van der Waals surface area contributed by atoms with Crippen LogP contribution in [0.3, 0.4) is 0 Å². The fourth-order valence-electron chi connectivity index (χ4n) is 2.87. The molecular formula is C17H21N3O2. The first-order valence-electron chi connectivity index (χ1n) is 7.64. The Labute approximate surface area is 130 Å². The third-order valence-electron chi connectivity index (χ3n) is 4.26. The molecule has 0 spiro atoms. The molecule has 0 aliphatic carbocycles. The van der Waals surface area contributed by atoms with Gasteiger partial charge in [0, 0.05) is 37.4 Å². The number of hydrogen-bond donors (Lipinski definition) is 0. The third kappa shape index (κ3) is 2.98. The lowest BCUT2D eigenvalue weighted by Crippen LogP contribution is -2.49. The van der Waals surface area contributed by atoms with Gasteiger partial charge >= 0.3 is 0 Å². The molecular weight excluding hydrogens is 278 g/mol. The summed E-state index contributed by atoms with van der Waals surface area (Å²) in [6.07, 6.45) is 0.381. The average Bonchev–Trinajstić information content (AvgIpc) is 2.88. The lowest BCUT2D eigenvalue weighted by molar-refractivity contribution is -0.130. The number of anilines is 1. The van der Waals surface area contributed by atoms with Crippen LogP contribution in [-0.4, -0.2) is 42.1 Å². The Morgan fingerprint density at radius 1 is 1.14 bits per heavy atom. The number of rotatable bonds is 3. The number of nitrogens with zero attached hydrogens (tertiary/aromatic N) is 3. The van der Waals surface area contributed by atoms with Crippen LogP contribution >= 0.6 is 0 Å². The molecule has 1 aromatic carbocycles. The van der Waals surface area contributed by atoms with Crippen molar-refractivity contribution in [3.05, 3.63) is 47.3 Å². The summed E-state index contributed by atoms with van der Waals surface area (Å²) >= 11 is 0. The van der Waals surface area contributed by atoms with Gasteiger partial charge in [-0.05, 0) is 26.0 Å². The maximum atomic E-state index is 12.5. The van der Waals surface area contributed by atoms with Crippen LogP contribution in [0.1, 0.15) is 17.0 Å². The van der Waals surface area contributed by atoms with Gasteiger partial charge in [0.2, 0.25) is 5.91 Å². The predicted octanol–water partition coefficient (Wildman–Crippen LogP) is 2.18. The molecule has 1 fully saturated rings. The van der Waals surface area contributed by atoms with Gasteiger partial charge < -0.3 is 14.3 Å². The van der Waals surface area contributed by atoms with E-state index in [1.807, 2.05) is 36.9 Å². The van der Waals surface area contributed by atoms with Crippen molar-refractivity contribution in [1.29, 1.82) is 0 Å². The molecule has 0 radical (unpaired) electrons. The lowest BCUT2D eigenvalue weighted by Gasteiger charge is -2.36. The highest BCUT2D eigenvalue weighted by Crippen LogP contribution is 2.18. The van der Waals surface area contributed by atoms with Crippen LogP contribution in [-0.2, 0) is 11.2 Å². The summed E-state index contributed by atoms with van der Waals surface area (Å²) in [5.41, 5.74) is 2.96. The van der Waals surface area contributed by atoms with Crippen molar-refractivity contribution in [1.82, 2.24) is 10.1 Å². The van der Waals surface area contributed by atoms with E-state index in [4.69, 9.17) is 4.52 Å². The van der Waals surface area contributed by atoms with Crippen molar-refractivity contribution < 1.29 is 9.32 Å². The van der Waals surface area contributed by atoms with Crippen molar-refractivity contribution in [2.75, 3.05) is 31.1 Å². The Hall–Kier alpha value is -2.30. The van der Waals surface area contributed by atoms with E-state index < -0.39 is 0 Å². The minimum atomic E-state index is 0.155. The largest absolute Gasteiger partial charge is 0.368 e. The summed E-state index contributed by atoms with van der Waals surface area (Å²) in [5.74, 6) is 0.899. The fraction of sp³-hybridized carbons (Fsp3) is 0.412. The first-order chi connectivity index (χ1) is 10.6. The quantitative estimate of drug-likeness (QED) is 0.871. The second kappa shape index (κ2) is 6.22. The molecule has 1 aliphatic rings. The summed E-state index contributed by atoms with van der Waals surface area (Å²) in [6, 6.07) is 10.3. The van der Waals surface area contributed by atoms with Gasteiger partial charge in [0.15, 0.2) is 0 Å². The highest BCUT2D eigenvalue weighted by Gasteiger charge is 2.23. The van der Waals surface area contributed by atoms with E-state index in [2.05, 4.69) is 22.2 Å². The summed E-state index contributed by atoms with van der Waals surface area (Å²) < 4.78 is 5.13. The number of carbonyl (C=O) groups is 1. The van der Waals surface area contributed by atoms with E-state index in [0.29, 0.717) is 6.42 Å². The number of carbonyl (C=O) groups excluding carboxylic acids is 1. The van der Waals surface area contributed by atoms with Gasteiger partial charge in [0.25, 0.3) is 0 Å². The van der Waals surface area contributed by atoms with E-state index in [-0.39, 0.29) is 5.91 Å². The maximum absolute atomic E-state index is 12.5. The standard InChI is InChI=1S/C17H21N3O2/c1-13-16(14(2)22-18-13)12-17(21)20-10-8-19(9-11-20)15-6-4-3-5-7-15/h3-7H,8-12H2,1-2H3. The zero-order chi connectivity index (χ0) is 15.5. The Kier molecular flexibility index (Phi) is 4.13. The molecule has 1 aromatic heterocycles. The number of aryl methyl sites for hydroxylation is 2. The van der Waals surface area contributed by atoms with Gasteiger partial charge in [0.05, 0.1) is 12.1 Å². The van der Waals surface area contributed by atoms with Crippen LogP contribution in [0.15, 0.2) is 34.9 Å². The van der Waals surface area contributed by atoms with Crippen molar-refractivity contribution in [2.45, 2.75) is 20.3 Å². The number of aromatic nitrogens is 1. The summed E-state index contributed by atoms with van der Waals surface area (Å²) in [6.45, 7) is 7.01. The third-order valence-corrected chi connectivity index (χ3v) is 4.26. The number of piperazine rings is 1. The lowest BCUT2D eigenvalue weighted by atomic mass is 10.1. The molecule has 3 rings (SSSR count). The highest BCUT2D eigenvalue weighted by atomic mass is 16.5. The van der Waals surface area contributed by atoms with E-state index in [9.17, 15) is 4.79 Å². The minimum Gasteiger partial charge on any atom is -0.368 e. The average molecular weight is 299 g/mol. The maximum Gasteiger partial charge on any atom is 0.227 e. The molecule has 5 nitrogen and oxygen atoms in total. The first kappa shape index (κ1) is 14.6. The number of amides is 1. The monoisotopic (exact) mass is 299 g/mol. The van der Waals surface area contributed by atoms with Gasteiger partial charge in [0.1, 0.15) is 5.76 Å². The van der Waals surface area contributed by atoms with Crippen LogP contribution in [0.5, 0.6) is 0 Å². The SMILES string of the molecule is Cc1noc(C)c1CC(=O)N1CCN(c2ccccc2)CC1. The smallest absolute Gasteiger partial charge is 0.227 e. The normalized spacial score (nSPS) is 15.2. The molecule has 0 saturated carbocycles. The van der Waals surface area contributed by atoms with Crippen molar-refractivity contribution in [2.24, 2.45) is 0 Å². The van der Waals surface area contributed by atoms with Crippen molar-refractivity contribution >= 4 is 11.6 Å². The summed E-state index contributed by atoms with van der Waals surface area (Å²) in [7, 11) is 0.